The Bertz CT molecular complexity index is 1210. The molecule has 0 unspecified atom stereocenters. The van der Waals surface area contributed by atoms with E-state index in [0.29, 0.717) is 16.7 Å². The first-order valence-electron chi connectivity index (χ1n) is 9.99. The molecule has 9 heteroatoms. The molecule has 1 aliphatic heterocycles. The molecule has 1 saturated heterocycles. The smallest absolute Gasteiger partial charge is 0.250 e. The van der Waals surface area contributed by atoms with Crippen LogP contribution in [-0.2, 0) is 23.2 Å². The Morgan fingerprint density at radius 2 is 1.93 bits per heavy atom. The minimum absolute atomic E-state index is 0.0934. The largest absolute Gasteiger partial charge is 0.370 e. The molecule has 0 radical (unpaired) electrons. The van der Waals surface area contributed by atoms with Gasteiger partial charge >= 0.3 is 0 Å². The van der Waals surface area contributed by atoms with Crippen LogP contribution in [0.3, 0.4) is 0 Å². The number of para-hydroxylation sites is 2. The minimum Gasteiger partial charge on any atom is -0.370 e. The summed E-state index contributed by atoms with van der Waals surface area (Å²) in [5, 5.41) is 10.9. The number of fused-ring (bicyclic) bond motifs is 2. The maximum atomic E-state index is 12.4. The van der Waals surface area contributed by atoms with Gasteiger partial charge in [0.15, 0.2) is 11.0 Å². The van der Waals surface area contributed by atoms with E-state index in [2.05, 4.69) is 25.5 Å². The fraction of sp³-hybridized carbons (Fsp3) is 0.333. The summed E-state index contributed by atoms with van der Waals surface area (Å²) < 4.78 is 12.5. The van der Waals surface area contributed by atoms with Crippen molar-refractivity contribution in [2.75, 3.05) is 29.9 Å². The zero-order valence-corrected chi connectivity index (χ0v) is 16.7. The predicted molar refractivity (Wildman–Crippen MR) is 112 cm³/mol. The quantitative estimate of drug-likeness (QED) is 0.526. The number of carbonyl (C=O) groups is 1. The molecule has 5 rings (SSSR count). The number of nitrogens with one attached hydrogen (secondary N) is 1. The van der Waals surface area contributed by atoms with Crippen LogP contribution >= 0.6 is 0 Å². The third-order valence-corrected chi connectivity index (χ3v) is 5.46. The van der Waals surface area contributed by atoms with Crippen molar-refractivity contribution < 1.29 is 14.2 Å². The maximum Gasteiger partial charge on any atom is 0.250 e. The predicted octanol–water partition coefficient (Wildman–Crippen LogP) is 2.87. The van der Waals surface area contributed by atoms with Crippen LogP contribution in [0.4, 0.5) is 11.4 Å². The summed E-state index contributed by atoms with van der Waals surface area (Å²) in [5.41, 5.74) is 4.69. The molecule has 1 fully saturated rings. The second kappa shape index (κ2) is 7.75. The summed E-state index contributed by atoms with van der Waals surface area (Å²) in [6, 6.07) is 11.7. The minimum atomic E-state index is -0.271. The molecule has 3 heterocycles. The van der Waals surface area contributed by atoms with E-state index in [4.69, 9.17) is 9.37 Å². The fourth-order valence-electron chi connectivity index (χ4n) is 3.91. The Morgan fingerprint density at radius 1 is 1.13 bits per heavy atom. The van der Waals surface area contributed by atoms with E-state index in [1.165, 1.54) is 0 Å². The number of hydrogen-bond donors (Lipinski definition) is 1. The van der Waals surface area contributed by atoms with Crippen molar-refractivity contribution in [3.05, 3.63) is 42.2 Å². The van der Waals surface area contributed by atoms with Gasteiger partial charge in [0, 0.05) is 20.1 Å². The molecule has 1 aliphatic rings. The Balaban J connectivity index is 1.24. The zero-order chi connectivity index (χ0) is 20.5. The monoisotopic (exact) mass is 406 g/mol. The molecule has 154 valence electrons. The molecule has 0 atom stereocenters. The molecule has 0 saturated carbocycles. The lowest BCUT2D eigenvalue weighted by Gasteiger charge is -2.18. The van der Waals surface area contributed by atoms with Gasteiger partial charge in [-0.05, 0) is 47.4 Å². The van der Waals surface area contributed by atoms with E-state index < -0.39 is 0 Å². The van der Waals surface area contributed by atoms with E-state index >= 15 is 0 Å². The van der Waals surface area contributed by atoms with Gasteiger partial charge in [0.1, 0.15) is 19.0 Å². The highest BCUT2D eigenvalue weighted by Crippen LogP contribution is 2.31. The molecule has 1 amide bonds. The molecule has 30 heavy (non-hydrogen) atoms. The number of nitrogens with zero attached hydrogens (tertiary/aromatic N) is 5. The summed E-state index contributed by atoms with van der Waals surface area (Å²) >= 11 is 0. The second-order valence-corrected chi connectivity index (χ2v) is 7.40. The highest BCUT2D eigenvalue weighted by molar-refractivity contribution is 6.03. The van der Waals surface area contributed by atoms with Gasteiger partial charge in [0.05, 0.1) is 22.4 Å². The number of aromatic nitrogens is 4. The molecule has 2 aromatic heterocycles. The first-order valence-corrected chi connectivity index (χ1v) is 9.99. The molecule has 0 bridgehead atoms. The normalized spacial score (nSPS) is 14.1. The lowest BCUT2D eigenvalue weighted by molar-refractivity contribution is -0.121. The van der Waals surface area contributed by atoms with Crippen LogP contribution in [0.25, 0.3) is 22.1 Å². The molecule has 1 N–H and O–H groups in total. The Labute approximate surface area is 172 Å². The van der Waals surface area contributed by atoms with E-state index in [1.807, 2.05) is 48.0 Å². The topological polar surface area (TPSA) is 98.3 Å². The van der Waals surface area contributed by atoms with Crippen molar-refractivity contribution >= 4 is 39.3 Å². The summed E-state index contributed by atoms with van der Waals surface area (Å²) in [5.74, 6) is 0.494. The average molecular weight is 406 g/mol. The maximum absolute atomic E-state index is 12.4. The third-order valence-electron chi connectivity index (χ3n) is 5.46. The van der Waals surface area contributed by atoms with Gasteiger partial charge in [-0.15, -0.1) is 0 Å². The standard InChI is InChI=1S/C21H22N6O3/c1-26-16-7-3-2-6-14(16)22-18(26)12-29-13-19(28)23-15-8-9-17(27-10-4-5-11-27)21-20(15)24-30-25-21/h2-3,6-9H,4-5,10-13H2,1H3,(H,23,28). The lowest BCUT2D eigenvalue weighted by atomic mass is 10.2. The highest BCUT2D eigenvalue weighted by Gasteiger charge is 2.20. The van der Waals surface area contributed by atoms with Crippen LogP contribution in [0.1, 0.15) is 18.7 Å². The molecule has 0 aliphatic carbocycles. The van der Waals surface area contributed by atoms with E-state index in [1.54, 1.807) is 0 Å². The number of ether oxygens (including phenoxy) is 1. The van der Waals surface area contributed by atoms with Crippen molar-refractivity contribution in [3.63, 3.8) is 0 Å². The summed E-state index contributed by atoms with van der Waals surface area (Å²) in [6.07, 6.45) is 2.32. The van der Waals surface area contributed by atoms with Crippen molar-refractivity contribution in [2.24, 2.45) is 7.05 Å². The molecule has 9 nitrogen and oxygen atoms in total. The van der Waals surface area contributed by atoms with E-state index in [0.717, 1.165) is 48.5 Å². The van der Waals surface area contributed by atoms with Crippen molar-refractivity contribution in [1.29, 1.82) is 0 Å². The van der Waals surface area contributed by atoms with Crippen LogP contribution < -0.4 is 10.2 Å². The van der Waals surface area contributed by atoms with Gasteiger partial charge in [-0.25, -0.2) is 9.61 Å². The van der Waals surface area contributed by atoms with Gasteiger partial charge in [-0.2, -0.15) is 0 Å². The van der Waals surface area contributed by atoms with E-state index in [-0.39, 0.29) is 19.1 Å². The number of amides is 1. The van der Waals surface area contributed by atoms with Gasteiger partial charge in [0.25, 0.3) is 0 Å². The number of carbonyl (C=O) groups excluding carboxylic acids is 1. The molecular weight excluding hydrogens is 384 g/mol. The van der Waals surface area contributed by atoms with Gasteiger partial charge in [-0.3, -0.25) is 4.79 Å². The van der Waals surface area contributed by atoms with Crippen LogP contribution in [-0.4, -0.2) is 45.5 Å². The molecule has 0 spiro atoms. The lowest BCUT2D eigenvalue weighted by Crippen LogP contribution is -2.20. The van der Waals surface area contributed by atoms with Gasteiger partial charge < -0.3 is 19.5 Å². The van der Waals surface area contributed by atoms with Crippen molar-refractivity contribution in [3.8, 4) is 0 Å². The SMILES string of the molecule is Cn1c(COCC(=O)Nc2ccc(N3CCCC3)c3nonc23)nc2ccccc21. The summed E-state index contributed by atoms with van der Waals surface area (Å²) in [4.78, 5) is 19.2. The average Bonchev–Trinajstić information content (AvgIpc) is 3.50. The third kappa shape index (κ3) is 3.37. The Kier molecular flexibility index (Phi) is 4.80. The molecule has 2 aromatic carbocycles. The van der Waals surface area contributed by atoms with Crippen LogP contribution in [0, 0.1) is 0 Å². The number of aryl methyl sites for hydroxylation is 1. The fourth-order valence-corrected chi connectivity index (χ4v) is 3.91. The van der Waals surface area contributed by atoms with Gasteiger partial charge in [-0.1, -0.05) is 12.1 Å². The van der Waals surface area contributed by atoms with Crippen molar-refractivity contribution in [1.82, 2.24) is 19.9 Å². The zero-order valence-electron chi connectivity index (χ0n) is 16.7. The summed E-state index contributed by atoms with van der Waals surface area (Å²) in [6.45, 7) is 2.13. The molecule has 4 aromatic rings. The second-order valence-electron chi connectivity index (χ2n) is 7.40. The first kappa shape index (κ1) is 18.6. The van der Waals surface area contributed by atoms with Crippen LogP contribution in [0.15, 0.2) is 41.0 Å². The first-order chi connectivity index (χ1) is 14.7. The number of hydrogen-bond acceptors (Lipinski definition) is 7. The van der Waals surface area contributed by atoms with Crippen LogP contribution in [0.5, 0.6) is 0 Å². The van der Waals surface area contributed by atoms with Gasteiger partial charge in [0.2, 0.25) is 5.91 Å². The number of benzene rings is 2. The van der Waals surface area contributed by atoms with Crippen LogP contribution in [0.2, 0.25) is 0 Å². The van der Waals surface area contributed by atoms with E-state index in [9.17, 15) is 4.79 Å². The highest BCUT2D eigenvalue weighted by atomic mass is 16.6. The summed E-state index contributed by atoms with van der Waals surface area (Å²) in [7, 11) is 1.93. The Hall–Kier alpha value is -3.46. The number of imidazole rings is 1. The molecular formula is C21H22N6O3. The Morgan fingerprint density at radius 3 is 2.77 bits per heavy atom. The number of rotatable bonds is 6. The number of anilines is 2. The van der Waals surface area contributed by atoms with Crippen molar-refractivity contribution in [2.45, 2.75) is 19.4 Å².